The number of nitrogens with zero attached hydrogens (tertiary/aromatic N) is 3. The zero-order valence-electron chi connectivity index (χ0n) is 10.9. The normalized spacial score (nSPS) is 10.5. The van der Waals surface area contributed by atoms with Crippen LogP contribution in [0.4, 0.5) is 5.82 Å². The van der Waals surface area contributed by atoms with Crippen molar-refractivity contribution in [1.82, 2.24) is 15.0 Å². The first kappa shape index (κ1) is 14.1. The fourth-order valence-electron chi connectivity index (χ4n) is 1.50. The molecule has 0 radical (unpaired) electrons. The van der Waals surface area contributed by atoms with Gasteiger partial charge in [-0.2, -0.15) is 0 Å². The predicted octanol–water partition coefficient (Wildman–Crippen LogP) is 3.81. The summed E-state index contributed by atoms with van der Waals surface area (Å²) >= 11 is 7.56. The predicted molar refractivity (Wildman–Crippen MR) is 78.9 cm³/mol. The maximum absolute atomic E-state index is 6.11. The largest absolute Gasteiger partial charge is 0.370 e. The lowest BCUT2D eigenvalue weighted by molar-refractivity contribution is 0.937. The topological polar surface area (TPSA) is 50.7 Å². The van der Waals surface area contributed by atoms with Crippen molar-refractivity contribution in [3.8, 4) is 0 Å². The molecule has 0 aliphatic heterocycles. The van der Waals surface area contributed by atoms with Gasteiger partial charge in [0.1, 0.15) is 22.2 Å². The van der Waals surface area contributed by atoms with Gasteiger partial charge in [0.05, 0.1) is 5.02 Å². The van der Waals surface area contributed by atoms with E-state index in [1.807, 2.05) is 19.1 Å². The van der Waals surface area contributed by atoms with E-state index in [1.165, 1.54) is 11.8 Å². The Bertz CT molecular complexity index is 562. The molecule has 4 nitrogen and oxygen atoms in total. The van der Waals surface area contributed by atoms with Crippen LogP contribution in [-0.4, -0.2) is 21.5 Å². The Morgan fingerprint density at radius 1 is 1.26 bits per heavy atom. The average Bonchev–Trinajstić information content (AvgIpc) is 2.42. The van der Waals surface area contributed by atoms with Gasteiger partial charge in [-0.1, -0.05) is 18.5 Å². The van der Waals surface area contributed by atoms with Gasteiger partial charge in [-0.15, -0.1) is 0 Å². The van der Waals surface area contributed by atoms with Gasteiger partial charge in [0.15, 0.2) is 0 Å². The molecule has 19 heavy (non-hydrogen) atoms. The second-order valence-corrected chi connectivity index (χ2v) is 5.36. The average molecular weight is 295 g/mol. The smallest absolute Gasteiger partial charge is 0.133 e. The minimum Gasteiger partial charge on any atom is -0.370 e. The van der Waals surface area contributed by atoms with Crippen LogP contribution >= 0.6 is 23.4 Å². The Kier molecular flexibility index (Phi) is 4.99. The molecule has 2 rings (SSSR count). The highest BCUT2D eigenvalue weighted by molar-refractivity contribution is 7.99. The standard InChI is InChI=1S/C13H15ClN4S/c1-3-6-15-11-9(2)12(18-8-17-11)19-13-10(14)5-4-7-16-13/h4-5,7-8H,3,6H2,1-2H3,(H,15,17,18). The minimum atomic E-state index is 0.633. The number of halogens is 1. The fraction of sp³-hybridized carbons (Fsp3) is 0.308. The van der Waals surface area contributed by atoms with E-state index in [0.717, 1.165) is 34.4 Å². The van der Waals surface area contributed by atoms with Crippen LogP contribution in [0.15, 0.2) is 34.7 Å². The van der Waals surface area contributed by atoms with Gasteiger partial charge in [-0.25, -0.2) is 15.0 Å². The van der Waals surface area contributed by atoms with Crippen molar-refractivity contribution in [2.24, 2.45) is 0 Å². The summed E-state index contributed by atoms with van der Waals surface area (Å²) in [6.07, 6.45) is 4.34. The van der Waals surface area contributed by atoms with E-state index in [1.54, 1.807) is 12.5 Å². The van der Waals surface area contributed by atoms with Crippen LogP contribution in [-0.2, 0) is 0 Å². The first-order chi connectivity index (χ1) is 9.22. The molecule has 0 unspecified atom stereocenters. The second kappa shape index (κ2) is 6.73. The maximum atomic E-state index is 6.11. The molecule has 0 atom stereocenters. The second-order valence-electron chi connectivity index (χ2n) is 3.97. The molecule has 6 heteroatoms. The van der Waals surface area contributed by atoms with Crippen LogP contribution in [0, 0.1) is 6.92 Å². The lowest BCUT2D eigenvalue weighted by Gasteiger charge is -2.10. The first-order valence-electron chi connectivity index (χ1n) is 6.06. The molecule has 0 fully saturated rings. The van der Waals surface area contributed by atoms with Crippen LogP contribution < -0.4 is 5.32 Å². The first-order valence-corrected chi connectivity index (χ1v) is 7.25. The number of hydrogen-bond acceptors (Lipinski definition) is 5. The molecule has 0 aliphatic carbocycles. The highest BCUT2D eigenvalue weighted by atomic mass is 35.5. The molecule has 0 saturated heterocycles. The number of nitrogens with one attached hydrogen (secondary N) is 1. The summed E-state index contributed by atoms with van der Waals surface area (Å²) in [4.78, 5) is 12.8. The van der Waals surface area contributed by atoms with Gasteiger partial charge in [0.2, 0.25) is 0 Å². The van der Waals surface area contributed by atoms with Crippen LogP contribution in [0.1, 0.15) is 18.9 Å². The zero-order chi connectivity index (χ0) is 13.7. The van der Waals surface area contributed by atoms with Crippen molar-refractivity contribution in [1.29, 1.82) is 0 Å². The number of anilines is 1. The van der Waals surface area contributed by atoms with Gasteiger partial charge in [-0.05, 0) is 37.2 Å². The van der Waals surface area contributed by atoms with Crippen molar-refractivity contribution < 1.29 is 0 Å². The van der Waals surface area contributed by atoms with Gasteiger partial charge in [-0.3, -0.25) is 0 Å². The zero-order valence-corrected chi connectivity index (χ0v) is 12.4. The Hall–Kier alpha value is -1.33. The molecule has 2 aromatic heterocycles. The summed E-state index contributed by atoms with van der Waals surface area (Å²) < 4.78 is 0. The van der Waals surface area contributed by atoms with E-state index in [4.69, 9.17) is 11.6 Å². The van der Waals surface area contributed by atoms with Crippen LogP contribution in [0.5, 0.6) is 0 Å². The number of rotatable bonds is 5. The Morgan fingerprint density at radius 3 is 2.84 bits per heavy atom. The third-order valence-corrected chi connectivity index (χ3v) is 4.04. The van der Waals surface area contributed by atoms with Crippen molar-refractivity contribution >= 4 is 29.2 Å². The minimum absolute atomic E-state index is 0.633. The molecule has 0 aromatic carbocycles. The van der Waals surface area contributed by atoms with Crippen molar-refractivity contribution in [3.63, 3.8) is 0 Å². The monoisotopic (exact) mass is 294 g/mol. The third kappa shape index (κ3) is 3.58. The van der Waals surface area contributed by atoms with E-state index in [2.05, 4.69) is 27.2 Å². The summed E-state index contributed by atoms with van der Waals surface area (Å²) in [7, 11) is 0. The summed E-state index contributed by atoms with van der Waals surface area (Å²) in [5, 5.41) is 5.54. The Morgan fingerprint density at radius 2 is 2.11 bits per heavy atom. The molecule has 0 saturated carbocycles. The van der Waals surface area contributed by atoms with Gasteiger partial charge < -0.3 is 5.32 Å². The molecule has 2 aromatic rings. The molecule has 0 aliphatic rings. The molecule has 0 amide bonds. The van der Waals surface area contributed by atoms with Gasteiger partial charge in [0.25, 0.3) is 0 Å². The maximum Gasteiger partial charge on any atom is 0.133 e. The molecule has 2 heterocycles. The van der Waals surface area contributed by atoms with E-state index in [-0.39, 0.29) is 0 Å². The third-order valence-electron chi connectivity index (χ3n) is 2.50. The highest BCUT2D eigenvalue weighted by Gasteiger charge is 2.10. The van der Waals surface area contributed by atoms with Crippen LogP contribution in [0.3, 0.4) is 0 Å². The van der Waals surface area contributed by atoms with Crippen molar-refractivity contribution in [3.05, 3.63) is 35.2 Å². The van der Waals surface area contributed by atoms with Gasteiger partial charge in [0, 0.05) is 18.3 Å². The Balaban J connectivity index is 2.23. The van der Waals surface area contributed by atoms with Crippen LogP contribution in [0.2, 0.25) is 5.02 Å². The van der Waals surface area contributed by atoms with E-state index < -0.39 is 0 Å². The quantitative estimate of drug-likeness (QED) is 0.850. The van der Waals surface area contributed by atoms with Crippen molar-refractivity contribution in [2.45, 2.75) is 30.3 Å². The molecule has 0 spiro atoms. The highest BCUT2D eigenvalue weighted by Crippen LogP contribution is 2.33. The van der Waals surface area contributed by atoms with E-state index >= 15 is 0 Å². The summed E-state index contributed by atoms with van der Waals surface area (Å²) in [5.74, 6) is 0.867. The lowest BCUT2D eigenvalue weighted by atomic mass is 10.3. The SMILES string of the molecule is CCCNc1ncnc(Sc2ncccc2Cl)c1C. The number of aromatic nitrogens is 3. The molecular weight excluding hydrogens is 280 g/mol. The van der Waals surface area contributed by atoms with Gasteiger partial charge >= 0.3 is 0 Å². The summed E-state index contributed by atoms with van der Waals surface area (Å²) in [6.45, 7) is 5.01. The fourth-order valence-corrected chi connectivity index (χ4v) is 2.55. The number of hydrogen-bond donors (Lipinski definition) is 1. The summed E-state index contributed by atoms with van der Waals surface area (Å²) in [5.41, 5.74) is 1.02. The molecule has 1 N–H and O–H groups in total. The van der Waals surface area contributed by atoms with Crippen molar-refractivity contribution in [2.75, 3.05) is 11.9 Å². The Labute approximate surface area is 122 Å². The molecule has 100 valence electrons. The van der Waals surface area contributed by atoms with E-state index in [0.29, 0.717) is 5.02 Å². The molecule has 0 bridgehead atoms. The number of pyridine rings is 1. The molecular formula is C13H15ClN4S. The van der Waals surface area contributed by atoms with Crippen LogP contribution in [0.25, 0.3) is 0 Å². The summed E-state index contributed by atoms with van der Waals surface area (Å²) in [6, 6.07) is 3.64. The lowest BCUT2D eigenvalue weighted by Crippen LogP contribution is -2.05. The van der Waals surface area contributed by atoms with E-state index in [9.17, 15) is 0 Å².